The number of carbonyl (C=O) groups is 1. The van der Waals surface area contributed by atoms with Crippen molar-refractivity contribution in [3.63, 3.8) is 0 Å². The average Bonchev–Trinajstić information content (AvgIpc) is 3.12. The van der Waals surface area contributed by atoms with Crippen LogP contribution < -0.4 is 0 Å². The van der Waals surface area contributed by atoms with Crippen LogP contribution in [-0.4, -0.2) is 61.0 Å². The monoisotopic (exact) mass is 390 g/mol. The zero-order valence-electron chi connectivity index (χ0n) is 15.3. The minimum absolute atomic E-state index is 0.0120. The Kier molecular flexibility index (Phi) is 4.55. The maximum Gasteiger partial charge on any atom is 0.229 e. The zero-order valence-corrected chi connectivity index (χ0v) is 16.2. The van der Waals surface area contributed by atoms with Crippen LogP contribution in [0.25, 0.3) is 11.5 Å². The number of morpholine rings is 1. The van der Waals surface area contributed by atoms with Crippen molar-refractivity contribution in [2.45, 2.75) is 32.4 Å². The molecule has 2 unspecified atom stereocenters. The fourth-order valence-corrected chi connectivity index (χ4v) is 5.66. The molecule has 7 nitrogen and oxygen atoms in total. The molecule has 3 heterocycles. The fraction of sp³-hybridized carbons (Fsp3) is 0.474. The number of hydrogen-bond acceptors (Lipinski definition) is 6. The van der Waals surface area contributed by atoms with Crippen molar-refractivity contribution in [1.82, 2.24) is 9.88 Å². The fourth-order valence-electron chi connectivity index (χ4n) is 3.79. The Balaban J connectivity index is 1.54. The Bertz CT molecular complexity index is 982. The number of amides is 1. The third kappa shape index (κ3) is 3.51. The molecule has 2 aliphatic heterocycles. The molecule has 2 aliphatic rings. The number of ether oxygens (including phenoxy) is 1. The summed E-state index contributed by atoms with van der Waals surface area (Å²) in [5, 5.41) is 0. The highest BCUT2D eigenvalue weighted by atomic mass is 32.2. The van der Waals surface area contributed by atoms with E-state index < -0.39 is 22.0 Å². The van der Waals surface area contributed by atoms with E-state index in [-0.39, 0.29) is 23.8 Å². The van der Waals surface area contributed by atoms with Crippen LogP contribution in [0.3, 0.4) is 0 Å². The second-order valence-corrected chi connectivity index (χ2v) is 9.31. The van der Waals surface area contributed by atoms with Crippen molar-refractivity contribution >= 4 is 15.7 Å². The summed E-state index contributed by atoms with van der Waals surface area (Å²) < 4.78 is 35.2. The van der Waals surface area contributed by atoms with Crippen LogP contribution in [0, 0.1) is 13.8 Å². The van der Waals surface area contributed by atoms with Crippen molar-refractivity contribution in [2.24, 2.45) is 0 Å². The molecule has 8 heteroatoms. The molecule has 1 amide bonds. The molecule has 1 aromatic carbocycles. The molecule has 0 spiro atoms. The second-order valence-electron chi connectivity index (χ2n) is 7.15. The average molecular weight is 390 g/mol. The van der Waals surface area contributed by atoms with E-state index in [2.05, 4.69) is 4.98 Å². The van der Waals surface area contributed by atoms with Gasteiger partial charge in [0.15, 0.2) is 9.84 Å². The molecule has 0 N–H and O–H groups in total. The van der Waals surface area contributed by atoms with Crippen molar-refractivity contribution in [3.8, 4) is 11.5 Å². The predicted molar refractivity (Wildman–Crippen MR) is 99.0 cm³/mol. The SMILES string of the molecule is Cc1ccccc1-c1nc(CC(=O)N2CCOC3CS(=O)(=O)CC32)c(C)o1. The first-order chi connectivity index (χ1) is 12.8. The summed E-state index contributed by atoms with van der Waals surface area (Å²) in [6.45, 7) is 4.53. The Hall–Kier alpha value is -2.19. The first-order valence-electron chi connectivity index (χ1n) is 8.98. The number of aryl methyl sites for hydroxylation is 2. The minimum Gasteiger partial charge on any atom is -0.441 e. The predicted octanol–water partition coefficient (Wildman–Crippen LogP) is 1.53. The summed E-state index contributed by atoms with van der Waals surface area (Å²) in [5.41, 5.74) is 2.53. The Morgan fingerprint density at radius 3 is 2.81 bits per heavy atom. The van der Waals surface area contributed by atoms with Crippen LogP contribution in [0.1, 0.15) is 17.0 Å². The lowest BCUT2D eigenvalue weighted by molar-refractivity contribution is -0.142. The van der Waals surface area contributed by atoms with Crippen LogP contribution in [0.5, 0.6) is 0 Å². The first kappa shape index (κ1) is 18.2. The van der Waals surface area contributed by atoms with Crippen molar-refractivity contribution in [1.29, 1.82) is 0 Å². The minimum atomic E-state index is -3.17. The van der Waals surface area contributed by atoms with Gasteiger partial charge in [0, 0.05) is 12.1 Å². The lowest BCUT2D eigenvalue weighted by Gasteiger charge is -2.36. The van der Waals surface area contributed by atoms with Gasteiger partial charge in [0.2, 0.25) is 11.8 Å². The lowest BCUT2D eigenvalue weighted by Crippen LogP contribution is -2.53. The third-order valence-corrected chi connectivity index (χ3v) is 6.93. The highest BCUT2D eigenvalue weighted by Gasteiger charge is 2.45. The van der Waals surface area contributed by atoms with Gasteiger partial charge < -0.3 is 14.1 Å². The van der Waals surface area contributed by atoms with Crippen molar-refractivity contribution in [3.05, 3.63) is 41.3 Å². The summed E-state index contributed by atoms with van der Waals surface area (Å²) in [6, 6.07) is 7.38. The standard InChI is InChI=1S/C19H22N2O5S/c1-12-5-3-4-6-14(12)19-20-15(13(2)26-19)9-18(22)21-7-8-25-17-11-27(23,24)10-16(17)21/h3-6,16-17H,7-11H2,1-2H3. The van der Waals surface area contributed by atoms with Crippen molar-refractivity contribution < 1.29 is 22.4 Å². The quantitative estimate of drug-likeness (QED) is 0.789. The third-order valence-electron chi connectivity index (χ3n) is 5.24. The molecule has 0 aliphatic carbocycles. The van der Waals surface area contributed by atoms with Crippen LogP contribution >= 0.6 is 0 Å². The zero-order chi connectivity index (χ0) is 19.2. The Morgan fingerprint density at radius 2 is 2.04 bits per heavy atom. The van der Waals surface area contributed by atoms with Gasteiger partial charge in [-0.15, -0.1) is 0 Å². The van der Waals surface area contributed by atoms with Gasteiger partial charge in [-0.3, -0.25) is 4.79 Å². The van der Waals surface area contributed by atoms with Gasteiger partial charge in [-0.1, -0.05) is 18.2 Å². The number of hydrogen-bond donors (Lipinski definition) is 0. The highest BCUT2D eigenvalue weighted by Crippen LogP contribution is 2.27. The molecular formula is C19H22N2O5S. The van der Waals surface area contributed by atoms with Gasteiger partial charge in [-0.25, -0.2) is 13.4 Å². The Labute approximate surface area is 158 Å². The number of carbonyl (C=O) groups excluding carboxylic acids is 1. The van der Waals surface area contributed by atoms with E-state index in [1.165, 1.54) is 0 Å². The molecule has 2 fully saturated rings. The number of nitrogens with zero attached hydrogens (tertiary/aromatic N) is 2. The number of rotatable bonds is 3. The number of benzene rings is 1. The largest absolute Gasteiger partial charge is 0.441 e. The molecule has 1 aromatic heterocycles. The van der Waals surface area contributed by atoms with E-state index in [1.807, 2.05) is 31.2 Å². The summed E-state index contributed by atoms with van der Waals surface area (Å²) in [5.74, 6) is 0.914. The summed E-state index contributed by atoms with van der Waals surface area (Å²) in [7, 11) is -3.17. The molecule has 4 rings (SSSR count). The molecule has 144 valence electrons. The first-order valence-corrected chi connectivity index (χ1v) is 10.8. The molecule has 27 heavy (non-hydrogen) atoms. The Morgan fingerprint density at radius 1 is 1.26 bits per heavy atom. The summed E-state index contributed by atoms with van der Waals surface area (Å²) in [6.07, 6.45) is -0.335. The van der Waals surface area contributed by atoms with Gasteiger partial charge >= 0.3 is 0 Å². The molecule has 0 saturated carbocycles. The number of oxazole rings is 1. The molecule has 2 aromatic rings. The summed E-state index contributed by atoms with van der Waals surface area (Å²) >= 11 is 0. The number of sulfone groups is 1. The normalized spacial score (nSPS) is 24.0. The molecular weight excluding hydrogens is 368 g/mol. The van der Waals surface area contributed by atoms with E-state index in [1.54, 1.807) is 11.8 Å². The van der Waals surface area contributed by atoms with E-state index >= 15 is 0 Å². The summed E-state index contributed by atoms with van der Waals surface area (Å²) in [4.78, 5) is 19.0. The second kappa shape index (κ2) is 6.76. The van der Waals surface area contributed by atoms with Crippen LogP contribution in [-0.2, 0) is 25.8 Å². The van der Waals surface area contributed by atoms with Gasteiger partial charge in [0.05, 0.1) is 42.4 Å². The molecule has 0 radical (unpaired) electrons. The van der Waals surface area contributed by atoms with Crippen molar-refractivity contribution in [2.75, 3.05) is 24.7 Å². The number of fused-ring (bicyclic) bond motifs is 1. The van der Waals surface area contributed by atoms with Gasteiger partial charge in [-0.05, 0) is 25.5 Å². The van der Waals surface area contributed by atoms with E-state index in [9.17, 15) is 13.2 Å². The van der Waals surface area contributed by atoms with Gasteiger partial charge in [0.1, 0.15) is 5.76 Å². The smallest absolute Gasteiger partial charge is 0.229 e. The maximum atomic E-state index is 12.9. The van der Waals surface area contributed by atoms with E-state index in [4.69, 9.17) is 9.15 Å². The molecule has 2 saturated heterocycles. The van der Waals surface area contributed by atoms with Crippen LogP contribution in [0.2, 0.25) is 0 Å². The van der Waals surface area contributed by atoms with Crippen LogP contribution in [0.15, 0.2) is 28.7 Å². The molecule has 0 bridgehead atoms. The topological polar surface area (TPSA) is 89.7 Å². The number of aromatic nitrogens is 1. The van der Waals surface area contributed by atoms with Crippen LogP contribution in [0.4, 0.5) is 0 Å². The van der Waals surface area contributed by atoms with E-state index in [0.717, 1.165) is 11.1 Å². The van der Waals surface area contributed by atoms with Gasteiger partial charge in [0.25, 0.3) is 0 Å². The lowest BCUT2D eigenvalue weighted by atomic mass is 10.1. The van der Waals surface area contributed by atoms with E-state index in [0.29, 0.717) is 30.5 Å². The highest BCUT2D eigenvalue weighted by molar-refractivity contribution is 7.91. The molecule has 2 atom stereocenters. The maximum absolute atomic E-state index is 12.9. The van der Waals surface area contributed by atoms with Gasteiger partial charge in [-0.2, -0.15) is 0 Å².